The average Bonchev–Trinajstić information content (AvgIpc) is 2.75. The van der Waals surface area contributed by atoms with Gasteiger partial charge in [0.25, 0.3) is 0 Å². The van der Waals surface area contributed by atoms with Crippen molar-refractivity contribution >= 4 is 18.4 Å². The lowest BCUT2D eigenvalue weighted by molar-refractivity contribution is 0.168. The average molecular weight is 415 g/mol. The standard InChI is InChI=1S/C28H34OSi/c1-5-15-26(22-27(29)23-16-9-6-10-17-23)30(28(2,3)4,24-18-11-7-12-19-24)25-20-13-8-14-21-25/h5-21,26-27,29H,22H2,1-4H3/b15-5+/t26-,27-/m1/s1. The molecule has 0 radical (unpaired) electrons. The van der Waals surface area contributed by atoms with E-state index in [1.165, 1.54) is 10.4 Å². The Bertz CT molecular complexity index is 887. The van der Waals surface area contributed by atoms with Crippen LogP contribution in [0.5, 0.6) is 0 Å². The first-order chi connectivity index (χ1) is 14.4. The topological polar surface area (TPSA) is 20.2 Å². The Labute approximate surface area is 183 Å². The van der Waals surface area contributed by atoms with Crippen molar-refractivity contribution in [1.82, 2.24) is 0 Å². The summed E-state index contributed by atoms with van der Waals surface area (Å²) < 4.78 is 0. The van der Waals surface area contributed by atoms with Crippen molar-refractivity contribution < 1.29 is 5.11 Å². The predicted molar refractivity (Wildman–Crippen MR) is 132 cm³/mol. The molecule has 0 saturated heterocycles. The molecule has 0 aliphatic heterocycles. The monoisotopic (exact) mass is 414 g/mol. The molecule has 0 aliphatic rings. The minimum absolute atomic E-state index is 0.0519. The van der Waals surface area contributed by atoms with Gasteiger partial charge in [-0.15, -0.1) is 0 Å². The van der Waals surface area contributed by atoms with E-state index >= 15 is 0 Å². The molecule has 0 fully saturated rings. The largest absolute Gasteiger partial charge is 0.388 e. The number of benzene rings is 3. The Kier molecular flexibility index (Phi) is 7.12. The molecule has 3 aromatic carbocycles. The zero-order chi connectivity index (χ0) is 21.6. The maximum Gasteiger partial charge on any atom is 0.130 e. The van der Waals surface area contributed by atoms with Gasteiger partial charge in [-0.25, -0.2) is 0 Å². The maximum absolute atomic E-state index is 11.2. The number of allylic oxidation sites excluding steroid dienone is 2. The molecule has 3 aromatic rings. The molecule has 1 N–H and O–H groups in total. The Balaban J connectivity index is 2.22. The molecule has 0 spiro atoms. The van der Waals surface area contributed by atoms with Crippen molar-refractivity contribution in [3.05, 3.63) is 109 Å². The summed E-state index contributed by atoms with van der Waals surface area (Å²) in [5, 5.41) is 14.1. The molecule has 1 nitrogen and oxygen atoms in total. The summed E-state index contributed by atoms with van der Waals surface area (Å²) in [6, 6.07) is 32.1. The van der Waals surface area contributed by atoms with E-state index in [1.54, 1.807) is 0 Å². The first-order valence-electron chi connectivity index (χ1n) is 10.9. The lowest BCUT2D eigenvalue weighted by Gasteiger charge is -2.49. The van der Waals surface area contributed by atoms with Gasteiger partial charge in [0.15, 0.2) is 0 Å². The third-order valence-electron chi connectivity index (χ3n) is 6.28. The van der Waals surface area contributed by atoms with Gasteiger partial charge in [0.05, 0.1) is 6.10 Å². The molecule has 0 aromatic heterocycles. The van der Waals surface area contributed by atoms with Crippen molar-refractivity contribution in [1.29, 1.82) is 0 Å². The SMILES string of the molecule is C/C=C/[C@H](C[C@@H](O)c1ccccc1)[Si](c1ccccc1)(c1ccccc1)C(C)(C)C. The van der Waals surface area contributed by atoms with Gasteiger partial charge in [-0.05, 0) is 29.5 Å². The van der Waals surface area contributed by atoms with Crippen LogP contribution in [0.4, 0.5) is 0 Å². The smallest absolute Gasteiger partial charge is 0.130 e. The second kappa shape index (κ2) is 9.59. The van der Waals surface area contributed by atoms with Crippen LogP contribution in [0.3, 0.4) is 0 Å². The highest BCUT2D eigenvalue weighted by atomic mass is 28.3. The normalized spacial score (nSPS) is 14.6. The van der Waals surface area contributed by atoms with Gasteiger partial charge in [0, 0.05) is 0 Å². The van der Waals surface area contributed by atoms with Crippen LogP contribution < -0.4 is 10.4 Å². The summed E-state index contributed by atoms with van der Waals surface area (Å²) in [6.45, 7) is 9.24. The summed E-state index contributed by atoms with van der Waals surface area (Å²) in [5.41, 5.74) is 1.24. The lowest BCUT2D eigenvalue weighted by Crippen LogP contribution is -2.67. The van der Waals surface area contributed by atoms with Gasteiger partial charge in [0.2, 0.25) is 0 Å². The van der Waals surface area contributed by atoms with Crippen molar-refractivity contribution in [3.8, 4) is 0 Å². The fraction of sp³-hybridized carbons (Fsp3) is 0.286. The molecule has 2 heteroatoms. The number of aliphatic hydroxyl groups is 1. The van der Waals surface area contributed by atoms with Crippen LogP contribution in [-0.2, 0) is 0 Å². The van der Waals surface area contributed by atoms with Crippen molar-refractivity contribution in [3.63, 3.8) is 0 Å². The van der Waals surface area contributed by atoms with Crippen molar-refractivity contribution in [2.45, 2.75) is 50.8 Å². The Hall–Kier alpha value is -2.42. The fourth-order valence-corrected chi connectivity index (χ4v) is 11.6. The van der Waals surface area contributed by atoms with E-state index in [1.807, 2.05) is 30.3 Å². The third kappa shape index (κ3) is 4.35. The van der Waals surface area contributed by atoms with Crippen LogP contribution in [0.2, 0.25) is 10.6 Å². The molecular formula is C28H34OSi. The van der Waals surface area contributed by atoms with Crippen LogP contribution in [0.15, 0.2) is 103 Å². The Morgan fingerprint density at radius 1 is 0.767 bits per heavy atom. The molecule has 2 atom stereocenters. The number of hydrogen-bond donors (Lipinski definition) is 1. The van der Waals surface area contributed by atoms with Gasteiger partial charge in [0.1, 0.15) is 8.07 Å². The van der Waals surface area contributed by atoms with Crippen LogP contribution in [0, 0.1) is 0 Å². The van der Waals surface area contributed by atoms with Crippen LogP contribution in [0.1, 0.15) is 45.8 Å². The first-order valence-corrected chi connectivity index (χ1v) is 13.0. The minimum Gasteiger partial charge on any atom is -0.388 e. The quantitative estimate of drug-likeness (QED) is 0.365. The van der Waals surface area contributed by atoms with Gasteiger partial charge in [-0.2, -0.15) is 0 Å². The van der Waals surface area contributed by atoms with E-state index in [0.717, 1.165) is 5.56 Å². The highest BCUT2D eigenvalue weighted by molar-refractivity contribution is 7.05. The lowest BCUT2D eigenvalue weighted by atomic mass is 10.0. The maximum atomic E-state index is 11.2. The summed E-state index contributed by atoms with van der Waals surface area (Å²) in [6.07, 6.45) is 4.74. The molecule has 0 saturated carbocycles. The van der Waals surface area contributed by atoms with Gasteiger partial charge in [-0.3, -0.25) is 0 Å². The van der Waals surface area contributed by atoms with Crippen molar-refractivity contribution in [2.75, 3.05) is 0 Å². The predicted octanol–water partition coefficient (Wildman–Crippen LogP) is 6.12. The number of hydrogen-bond acceptors (Lipinski definition) is 1. The van der Waals surface area contributed by atoms with E-state index < -0.39 is 14.2 Å². The third-order valence-corrected chi connectivity index (χ3v) is 12.7. The fourth-order valence-electron chi connectivity index (χ4n) is 5.10. The highest BCUT2D eigenvalue weighted by Crippen LogP contribution is 2.47. The zero-order valence-electron chi connectivity index (χ0n) is 18.6. The zero-order valence-corrected chi connectivity index (χ0v) is 19.6. The van der Waals surface area contributed by atoms with Crippen molar-refractivity contribution in [2.24, 2.45) is 0 Å². The summed E-state index contributed by atoms with van der Waals surface area (Å²) in [5.74, 6) is 0. The van der Waals surface area contributed by atoms with Gasteiger partial charge in [-0.1, -0.05) is 134 Å². The molecule has 0 unspecified atom stereocenters. The first kappa shape index (κ1) is 22.3. The number of aliphatic hydroxyl groups excluding tert-OH is 1. The van der Waals surface area contributed by atoms with Gasteiger partial charge < -0.3 is 5.11 Å². The van der Waals surface area contributed by atoms with E-state index in [4.69, 9.17) is 0 Å². The minimum atomic E-state index is -2.34. The molecular weight excluding hydrogens is 380 g/mol. The second-order valence-electron chi connectivity index (χ2n) is 9.08. The summed E-state index contributed by atoms with van der Waals surface area (Å²) in [4.78, 5) is 0. The van der Waals surface area contributed by atoms with E-state index in [0.29, 0.717) is 6.42 Å². The Morgan fingerprint density at radius 2 is 1.20 bits per heavy atom. The summed E-state index contributed by atoms with van der Waals surface area (Å²) in [7, 11) is -2.34. The highest BCUT2D eigenvalue weighted by Gasteiger charge is 2.52. The van der Waals surface area contributed by atoms with E-state index in [9.17, 15) is 5.11 Å². The van der Waals surface area contributed by atoms with E-state index in [-0.39, 0.29) is 10.6 Å². The van der Waals surface area contributed by atoms with Crippen LogP contribution in [0.25, 0.3) is 0 Å². The van der Waals surface area contributed by atoms with E-state index in [2.05, 4.69) is 101 Å². The molecule has 3 rings (SSSR count). The van der Waals surface area contributed by atoms with Crippen LogP contribution in [-0.4, -0.2) is 13.2 Å². The molecule has 0 heterocycles. The number of rotatable bonds is 7. The molecule has 30 heavy (non-hydrogen) atoms. The molecule has 0 amide bonds. The molecule has 0 aliphatic carbocycles. The van der Waals surface area contributed by atoms with Crippen LogP contribution >= 0.6 is 0 Å². The molecule has 156 valence electrons. The second-order valence-corrected chi connectivity index (χ2v) is 14.1. The summed E-state index contributed by atoms with van der Waals surface area (Å²) >= 11 is 0. The Morgan fingerprint density at radius 3 is 1.60 bits per heavy atom. The molecule has 0 bridgehead atoms. The van der Waals surface area contributed by atoms with Gasteiger partial charge >= 0.3 is 0 Å².